The van der Waals surface area contributed by atoms with Crippen LogP contribution in [-0.4, -0.2) is 22.9 Å². The van der Waals surface area contributed by atoms with Crippen molar-refractivity contribution in [3.63, 3.8) is 0 Å². The zero-order valence-electron chi connectivity index (χ0n) is 48.8. The number of nitrogens with zero attached hydrogens (tertiary/aromatic N) is 5. The smallest absolute Gasteiger partial charge is 0.146 e. The van der Waals surface area contributed by atoms with Crippen LogP contribution in [0, 0.1) is 0 Å². The highest BCUT2D eigenvalue weighted by molar-refractivity contribution is 6.36. The minimum Gasteiger partial charge on any atom is -0.309 e. The van der Waals surface area contributed by atoms with Gasteiger partial charge in [-0.2, -0.15) is 0 Å². The number of hydrogen-bond donors (Lipinski definition) is 0. The zero-order valence-corrected chi connectivity index (χ0v) is 48.8. The predicted molar refractivity (Wildman–Crippen MR) is 366 cm³/mol. The molecule has 0 fully saturated rings. The van der Waals surface area contributed by atoms with Crippen molar-refractivity contribution in [2.45, 2.75) is 52.4 Å². The molecule has 0 radical (unpaired) electrons. The zero-order chi connectivity index (χ0) is 57.2. The highest BCUT2D eigenvalue weighted by Crippen LogP contribution is 2.52. The molecule has 0 bridgehead atoms. The van der Waals surface area contributed by atoms with E-state index in [0.29, 0.717) is 0 Å². The van der Waals surface area contributed by atoms with Crippen molar-refractivity contribution in [1.29, 1.82) is 0 Å². The molecule has 0 saturated carbocycles. The lowest BCUT2D eigenvalue weighted by Gasteiger charge is -2.21. The van der Waals surface area contributed by atoms with Gasteiger partial charge in [-0.15, -0.1) is 0 Å². The van der Waals surface area contributed by atoms with Crippen molar-refractivity contribution in [3.8, 4) is 33.6 Å². The van der Waals surface area contributed by atoms with Crippen molar-refractivity contribution < 1.29 is 0 Å². The maximum absolute atomic E-state index is 6.19. The molecule has 19 rings (SSSR count). The quantitative estimate of drug-likeness (QED) is 0.173. The molecule has 0 aliphatic rings. The fourth-order valence-electron chi connectivity index (χ4n) is 15.4. The highest BCUT2D eigenvalue weighted by Gasteiger charge is 2.31. The number of para-hydroxylation sites is 4. The monoisotopic (exact) mass is 1100 g/mol. The van der Waals surface area contributed by atoms with E-state index in [1.165, 1.54) is 153 Å². The van der Waals surface area contributed by atoms with Gasteiger partial charge in [0.1, 0.15) is 5.65 Å². The molecule has 0 N–H and O–H groups in total. The summed E-state index contributed by atoms with van der Waals surface area (Å²) < 4.78 is 10.0. The van der Waals surface area contributed by atoms with Gasteiger partial charge in [0, 0.05) is 81.8 Å². The molecule has 0 aliphatic carbocycles. The number of pyridine rings is 1. The largest absolute Gasteiger partial charge is 0.309 e. The summed E-state index contributed by atoms with van der Waals surface area (Å²) in [4.78, 5) is 6.19. The minimum absolute atomic E-state index is 0.119. The van der Waals surface area contributed by atoms with E-state index < -0.39 is 0 Å². The summed E-state index contributed by atoms with van der Waals surface area (Å²) in [5.74, 6) is 0. The molecule has 0 spiro atoms. The molecule has 0 unspecified atom stereocenters. The van der Waals surface area contributed by atoms with E-state index in [1.54, 1.807) is 0 Å². The Balaban J connectivity index is 0.964. The van der Waals surface area contributed by atoms with Crippen LogP contribution in [0.1, 0.15) is 52.7 Å². The van der Waals surface area contributed by atoms with Gasteiger partial charge in [0.15, 0.2) is 0 Å². The van der Waals surface area contributed by atoms with Crippen LogP contribution in [0.2, 0.25) is 0 Å². The SMILES string of the molecule is CC(C)(C)c1cc(-c2ccc3c(c2)c2ccccc2n3-c2ccccc2)c2c(c1)c1cc3ccccc3c3c4nc5c(cc4n2c13)c1cc2ccccc2c2c3cc(C(C)(C)C)cc(-c4ccc6c(c4)c4ccccc4n6-c4ccccc4)c3n5c12. The molecule has 7 aromatic heterocycles. The molecular weight excluding hydrogens is 1040 g/mol. The molecule has 406 valence electrons. The second-order valence-corrected chi connectivity index (χ2v) is 26.3. The van der Waals surface area contributed by atoms with E-state index in [1.807, 2.05) is 0 Å². The Hall–Kier alpha value is -10.5. The van der Waals surface area contributed by atoms with Crippen LogP contribution in [-0.2, 0) is 10.8 Å². The molecule has 12 aromatic carbocycles. The average molecular weight is 1100 g/mol. The average Bonchev–Trinajstić information content (AvgIpc) is 1.52. The van der Waals surface area contributed by atoms with Gasteiger partial charge in [-0.1, -0.05) is 175 Å². The summed E-state index contributed by atoms with van der Waals surface area (Å²) >= 11 is 0. The fraction of sp³-hybridized carbons (Fsp3) is 0.0988. The summed E-state index contributed by atoms with van der Waals surface area (Å²) in [6.45, 7) is 14.1. The third-order valence-corrected chi connectivity index (χ3v) is 19.4. The molecule has 0 aliphatic heterocycles. The molecule has 7 heterocycles. The highest BCUT2D eigenvalue weighted by atomic mass is 15.0. The number of fused-ring (bicyclic) bond motifs is 22. The van der Waals surface area contributed by atoms with Crippen LogP contribution < -0.4 is 0 Å². The van der Waals surface area contributed by atoms with Crippen LogP contribution in [0.4, 0.5) is 0 Å². The Labute approximate surface area is 495 Å². The Kier molecular flexibility index (Phi) is 9.28. The van der Waals surface area contributed by atoms with Gasteiger partial charge in [0.2, 0.25) is 0 Å². The van der Waals surface area contributed by atoms with Crippen LogP contribution >= 0.6 is 0 Å². The third-order valence-electron chi connectivity index (χ3n) is 19.4. The number of rotatable bonds is 4. The first kappa shape index (κ1) is 47.9. The van der Waals surface area contributed by atoms with E-state index in [0.717, 1.165) is 33.4 Å². The summed E-state index contributed by atoms with van der Waals surface area (Å²) in [6, 6.07) is 89.1. The molecule has 5 nitrogen and oxygen atoms in total. The summed E-state index contributed by atoms with van der Waals surface area (Å²) in [6.07, 6.45) is 0. The standard InChI is InChI=1S/C81H57N5/c1-80(2,3)50-41-58(48-33-35-69-60(37-48)56-29-17-19-31-67(56)83(69)52-23-9-7-10-24-52)75-64(43-50)62-39-47-22-14-16-28-55(47)73-74-71(85(75)78(62)73)45-65-63-40-46-21-13-15-27-54(46)72-66-44-51(81(4,5)6)42-59(76(66)86(77(63)72)79(65)82-74)49-34-36-70-61(38-49)57-30-18-20-32-68(57)84(70)53-25-11-8-12-26-53/h7-45H,1-6H3. The Morgan fingerprint density at radius 3 is 1.27 bits per heavy atom. The van der Waals surface area contributed by atoms with Crippen LogP contribution in [0.3, 0.4) is 0 Å². The first-order chi connectivity index (χ1) is 41.9. The molecule has 5 heteroatoms. The first-order valence-corrected chi connectivity index (χ1v) is 30.3. The van der Waals surface area contributed by atoms with Crippen molar-refractivity contribution in [2.24, 2.45) is 0 Å². The molecule has 19 aromatic rings. The van der Waals surface area contributed by atoms with E-state index in [2.05, 4.69) is 296 Å². The lowest BCUT2D eigenvalue weighted by molar-refractivity contribution is 0.591. The number of hydrogen-bond acceptors (Lipinski definition) is 1. The van der Waals surface area contributed by atoms with E-state index in [4.69, 9.17) is 4.98 Å². The van der Waals surface area contributed by atoms with Crippen LogP contribution in [0.25, 0.3) is 175 Å². The van der Waals surface area contributed by atoms with Gasteiger partial charge >= 0.3 is 0 Å². The summed E-state index contributed by atoms with van der Waals surface area (Å²) in [5.41, 5.74) is 22.2. The Morgan fingerprint density at radius 1 is 0.291 bits per heavy atom. The Morgan fingerprint density at radius 2 is 0.721 bits per heavy atom. The Bertz CT molecular complexity index is 6130. The van der Waals surface area contributed by atoms with E-state index in [9.17, 15) is 0 Å². The summed E-state index contributed by atoms with van der Waals surface area (Å²) in [5, 5.41) is 18.5. The van der Waals surface area contributed by atoms with Gasteiger partial charge in [0.05, 0.1) is 55.2 Å². The normalized spacial score (nSPS) is 13.0. The van der Waals surface area contributed by atoms with Crippen molar-refractivity contribution >= 4 is 142 Å². The van der Waals surface area contributed by atoms with Crippen LogP contribution in [0.5, 0.6) is 0 Å². The van der Waals surface area contributed by atoms with Crippen molar-refractivity contribution in [3.05, 3.63) is 248 Å². The molecule has 86 heavy (non-hydrogen) atoms. The fourth-order valence-corrected chi connectivity index (χ4v) is 15.4. The minimum atomic E-state index is -0.130. The van der Waals surface area contributed by atoms with E-state index in [-0.39, 0.29) is 10.8 Å². The maximum Gasteiger partial charge on any atom is 0.146 e. The first-order valence-electron chi connectivity index (χ1n) is 30.3. The van der Waals surface area contributed by atoms with Gasteiger partial charge in [-0.3, -0.25) is 4.40 Å². The summed E-state index contributed by atoms with van der Waals surface area (Å²) in [7, 11) is 0. The maximum atomic E-state index is 6.19. The second kappa shape index (κ2) is 16.6. The van der Waals surface area contributed by atoms with Gasteiger partial charge in [-0.05, 0) is 158 Å². The van der Waals surface area contributed by atoms with E-state index >= 15 is 0 Å². The third kappa shape index (κ3) is 6.31. The lowest BCUT2D eigenvalue weighted by Crippen LogP contribution is -2.11. The topological polar surface area (TPSA) is 31.6 Å². The lowest BCUT2D eigenvalue weighted by atomic mass is 9.83. The van der Waals surface area contributed by atoms with Crippen molar-refractivity contribution in [2.75, 3.05) is 0 Å². The number of benzene rings is 12. The molecular formula is C81H57N5. The molecule has 0 amide bonds. The van der Waals surface area contributed by atoms with Gasteiger partial charge < -0.3 is 13.5 Å². The predicted octanol–water partition coefficient (Wildman–Crippen LogP) is 21.8. The second-order valence-electron chi connectivity index (χ2n) is 26.3. The van der Waals surface area contributed by atoms with Gasteiger partial charge in [-0.25, -0.2) is 4.98 Å². The molecule has 0 saturated heterocycles. The number of aromatic nitrogens is 5. The van der Waals surface area contributed by atoms with Crippen molar-refractivity contribution in [1.82, 2.24) is 22.9 Å². The van der Waals surface area contributed by atoms with Gasteiger partial charge in [0.25, 0.3) is 0 Å². The molecule has 0 atom stereocenters. The van der Waals surface area contributed by atoms with Crippen LogP contribution in [0.15, 0.2) is 237 Å².